The van der Waals surface area contributed by atoms with Gasteiger partial charge >= 0.3 is 0 Å². The van der Waals surface area contributed by atoms with Gasteiger partial charge in [0.15, 0.2) is 5.69 Å². The second kappa shape index (κ2) is 12.4. The largest absolute Gasteiger partial charge is 0.497 e. The Labute approximate surface area is 226 Å². The molecule has 0 saturated carbocycles. The lowest BCUT2D eigenvalue weighted by molar-refractivity contribution is -0.122. The monoisotopic (exact) mass is 538 g/mol. The van der Waals surface area contributed by atoms with Crippen LogP contribution in [-0.4, -0.2) is 49.8 Å². The van der Waals surface area contributed by atoms with Crippen LogP contribution in [0.3, 0.4) is 0 Å². The Hall–Kier alpha value is -4.12. The molecule has 11 heteroatoms. The van der Waals surface area contributed by atoms with Gasteiger partial charge in [0, 0.05) is 32.0 Å². The number of primary amides is 1. The lowest BCUT2D eigenvalue weighted by Gasteiger charge is -2.31. The number of nitrogens with one attached hydrogen (secondary N) is 1. The summed E-state index contributed by atoms with van der Waals surface area (Å²) in [4.78, 5) is 42.9. The number of ether oxygens (including phenoxy) is 1. The van der Waals surface area contributed by atoms with Crippen LogP contribution in [0.25, 0.3) is 0 Å². The molecule has 5 N–H and O–H groups in total. The number of carbonyl (C=O) groups excluding carboxylic acids is 3. The second-order valence-corrected chi connectivity index (χ2v) is 10.1. The molecule has 1 aromatic heterocycles. The summed E-state index contributed by atoms with van der Waals surface area (Å²) in [6, 6.07) is 13.1. The minimum Gasteiger partial charge on any atom is -0.497 e. The van der Waals surface area contributed by atoms with Gasteiger partial charge in [-0.15, -0.1) is 0 Å². The molecule has 0 aliphatic carbocycles. The van der Waals surface area contributed by atoms with E-state index in [0.717, 1.165) is 23.6 Å². The number of methoxy groups -OCH3 is 1. The zero-order valence-electron chi connectivity index (χ0n) is 22.2. The first-order valence-corrected chi connectivity index (χ1v) is 12.9. The minimum absolute atomic E-state index is 0.0134. The number of carbonyl (C=O) groups is 3. The Morgan fingerprint density at radius 2 is 1.63 bits per heavy atom. The van der Waals surface area contributed by atoms with Crippen LogP contribution in [0.5, 0.6) is 5.75 Å². The van der Waals surface area contributed by atoms with Crippen molar-refractivity contribution >= 4 is 46.3 Å². The number of nitrogen functional groups attached to an aromatic ring is 1. The van der Waals surface area contributed by atoms with E-state index in [0.29, 0.717) is 29.5 Å². The maximum absolute atomic E-state index is 14.1. The molecule has 3 aromatic rings. The van der Waals surface area contributed by atoms with Crippen LogP contribution in [0, 0.1) is 5.92 Å². The molecule has 3 amide bonds. The standard InChI is InChI=1S/C27H34N6O4S/c1-16(2)14-15-30-26(35)23(17-6-8-18(9-7-17)32(3)4)33(19-10-12-20(37-5)13-11-19)27(36)24-21(28)22(25(29)34)31-38-24/h6-13,16,23H,14-15,28H2,1-5H3,(H2,29,34)(H,30,35)/t23-/m1/s1. The van der Waals surface area contributed by atoms with Gasteiger partial charge in [-0.25, -0.2) is 0 Å². The fourth-order valence-corrected chi connectivity index (χ4v) is 4.56. The lowest BCUT2D eigenvalue weighted by atomic mass is 10.0. The molecule has 0 aliphatic rings. The zero-order chi connectivity index (χ0) is 28.0. The van der Waals surface area contributed by atoms with E-state index in [1.807, 2.05) is 43.3 Å². The highest BCUT2D eigenvalue weighted by Gasteiger charge is 2.36. The number of hydrogen-bond donors (Lipinski definition) is 3. The van der Waals surface area contributed by atoms with E-state index < -0.39 is 17.9 Å². The molecular weight excluding hydrogens is 504 g/mol. The molecule has 0 saturated heterocycles. The van der Waals surface area contributed by atoms with Crippen LogP contribution in [0.1, 0.15) is 52.0 Å². The molecule has 1 heterocycles. The van der Waals surface area contributed by atoms with E-state index >= 15 is 0 Å². The van der Waals surface area contributed by atoms with E-state index in [9.17, 15) is 14.4 Å². The maximum Gasteiger partial charge on any atom is 0.273 e. The van der Waals surface area contributed by atoms with Crippen molar-refractivity contribution in [2.75, 3.05) is 43.3 Å². The van der Waals surface area contributed by atoms with Crippen molar-refractivity contribution in [1.82, 2.24) is 9.69 Å². The summed E-state index contributed by atoms with van der Waals surface area (Å²) in [6.07, 6.45) is 0.776. The van der Waals surface area contributed by atoms with Crippen molar-refractivity contribution in [2.45, 2.75) is 26.3 Å². The SMILES string of the molecule is COc1ccc(N(C(=O)c2snc(C(N)=O)c2N)[C@@H](C(=O)NCCC(C)C)c2ccc(N(C)C)cc2)cc1. The molecule has 0 fully saturated rings. The normalized spacial score (nSPS) is 11.6. The van der Waals surface area contributed by atoms with Crippen molar-refractivity contribution in [3.63, 3.8) is 0 Å². The zero-order valence-corrected chi connectivity index (χ0v) is 23.0. The highest BCUT2D eigenvalue weighted by molar-refractivity contribution is 7.09. The number of amides is 3. The van der Waals surface area contributed by atoms with Crippen LogP contribution >= 0.6 is 11.5 Å². The second-order valence-electron chi connectivity index (χ2n) is 9.37. The Kier molecular flexibility index (Phi) is 9.30. The average molecular weight is 539 g/mol. The Morgan fingerprint density at radius 3 is 2.13 bits per heavy atom. The summed E-state index contributed by atoms with van der Waals surface area (Å²) in [5, 5.41) is 2.98. The van der Waals surface area contributed by atoms with Gasteiger partial charge in [0.05, 0.1) is 12.8 Å². The first kappa shape index (κ1) is 28.5. The Bertz CT molecular complexity index is 1270. The van der Waals surface area contributed by atoms with E-state index in [-0.39, 0.29) is 22.2 Å². The molecule has 3 rings (SSSR count). The minimum atomic E-state index is -1.04. The number of nitrogens with zero attached hydrogens (tertiary/aromatic N) is 3. The number of rotatable bonds is 11. The number of nitrogens with two attached hydrogens (primary N) is 2. The van der Waals surface area contributed by atoms with Crippen LogP contribution in [0.15, 0.2) is 48.5 Å². The van der Waals surface area contributed by atoms with E-state index in [1.165, 1.54) is 4.90 Å². The van der Waals surface area contributed by atoms with Crippen LogP contribution in [0.2, 0.25) is 0 Å². The number of hydrogen-bond acceptors (Lipinski definition) is 8. The molecule has 1 atom stereocenters. The molecule has 202 valence electrons. The van der Waals surface area contributed by atoms with Crippen LogP contribution < -0.4 is 31.3 Å². The summed E-state index contributed by atoms with van der Waals surface area (Å²) < 4.78 is 9.27. The molecule has 2 aromatic carbocycles. The lowest BCUT2D eigenvalue weighted by Crippen LogP contribution is -2.44. The summed E-state index contributed by atoms with van der Waals surface area (Å²) in [5.41, 5.74) is 13.2. The van der Waals surface area contributed by atoms with Crippen molar-refractivity contribution in [3.8, 4) is 5.75 Å². The van der Waals surface area contributed by atoms with Gasteiger partial charge in [0.1, 0.15) is 16.7 Å². The van der Waals surface area contributed by atoms with Gasteiger partial charge in [-0.3, -0.25) is 19.3 Å². The first-order chi connectivity index (χ1) is 18.0. The Balaban J connectivity index is 2.17. The first-order valence-electron chi connectivity index (χ1n) is 12.1. The third-order valence-electron chi connectivity index (χ3n) is 5.98. The van der Waals surface area contributed by atoms with E-state index in [2.05, 4.69) is 23.5 Å². The summed E-state index contributed by atoms with van der Waals surface area (Å²) >= 11 is 0.766. The summed E-state index contributed by atoms with van der Waals surface area (Å²) in [6.45, 7) is 4.58. The number of benzene rings is 2. The van der Waals surface area contributed by atoms with Gasteiger partial charge in [-0.05, 0) is 65.8 Å². The molecule has 0 aliphatic heterocycles. The molecule has 0 bridgehead atoms. The van der Waals surface area contributed by atoms with Crippen molar-refractivity contribution in [1.29, 1.82) is 0 Å². The van der Waals surface area contributed by atoms with Gasteiger partial charge in [-0.1, -0.05) is 26.0 Å². The maximum atomic E-state index is 14.1. The quantitative estimate of drug-likeness (QED) is 0.339. The predicted octanol–water partition coefficient (Wildman–Crippen LogP) is 3.45. The molecule has 0 radical (unpaired) electrons. The van der Waals surface area contributed by atoms with Gasteiger partial charge in [0.2, 0.25) is 5.91 Å². The third kappa shape index (κ3) is 6.41. The highest BCUT2D eigenvalue weighted by atomic mass is 32.1. The number of aromatic nitrogens is 1. The van der Waals surface area contributed by atoms with E-state index in [1.54, 1.807) is 31.4 Å². The average Bonchev–Trinajstić information content (AvgIpc) is 3.28. The molecule has 0 spiro atoms. The molecule has 10 nitrogen and oxygen atoms in total. The molecular formula is C27H34N6O4S. The molecule has 0 unspecified atom stereocenters. The van der Waals surface area contributed by atoms with Crippen LogP contribution in [0.4, 0.5) is 17.1 Å². The predicted molar refractivity (Wildman–Crippen MR) is 151 cm³/mol. The fraction of sp³-hybridized carbons (Fsp3) is 0.333. The summed E-state index contributed by atoms with van der Waals surface area (Å²) in [5.74, 6) is -0.806. The third-order valence-corrected chi connectivity index (χ3v) is 6.83. The topological polar surface area (TPSA) is 144 Å². The summed E-state index contributed by atoms with van der Waals surface area (Å²) in [7, 11) is 5.38. The fourth-order valence-electron chi connectivity index (χ4n) is 3.82. The van der Waals surface area contributed by atoms with Crippen molar-refractivity contribution in [2.24, 2.45) is 11.7 Å². The van der Waals surface area contributed by atoms with Gasteiger partial charge in [-0.2, -0.15) is 4.37 Å². The van der Waals surface area contributed by atoms with Crippen LogP contribution in [-0.2, 0) is 4.79 Å². The Morgan fingerprint density at radius 1 is 1.03 bits per heavy atom. The highest BCUT2D eigenvalue weighted by Crippen LogP contribution is 2.34. The van der Waals surface area contributed by atoms with Gasteiger partial charge < -0.3 is 26.4 Å². The van der Waals surface area contributed by atoms with Crippen molar-refractivity contribution < 1.29 is 19.1 Å². The van der Waals surface area contributed by atoms with E-state index in [4.69, 9.17) is 16.2 Å². The van der Waals surface area contributed by atoms with Gasteiger partial charge in [0.25, 0.3) is 11.8 Å². The molecule has 38 heavy (non-hydrogen) atoms. The van der Waals surface area contributed by atoms with Crippen molar-refractivity contribution in [3.05, 3.63) is 64.7 Å². The smallest absolute Gasteiger partial charge is 0.273 e. The number of anilines is 3.